The number of rotatable bonds is 6. The average Bonchev–Trinajstić information content (AvgIpc) is 3.18. The number of benzene rings is 2. The molecule has 1 saturated heterocycles. The molecule has 0 bridgehead atoms. The van der Waals surface area contributed by atoms with Crippen LogP contribution in [0.1, 0.15) is 18.9 Å². The molecule has 1 aliphatic carbocycles. The molecule has 1 amide bonds. The van der Waals surface area contributed by atoms with Crippen LogP contribution in [-0.2, 0) is 11.3 Å². The van der Waals surface area contributed by atoms with E-state index in [4.69, 9.17) is 4.74 Å². The number of carbonyl (C=O) groups excluding carboxylic acids is 1. The van der Waals surface area contributed by atoms with E-state index in [1.165, 1.54) is 12.0 Å². The van der Waals surface area contributed by atoms with E-state index >= 15 is 0 Å². The number of nitrogens with one attached hydrogen (secondary N) is 1. The van der Waals surface area contributed by atoms with Crippen molar-refractivity contribution in [3.63, 3.8) is 0 Å². The van der Waals surface area contributed by atoms with Gasteiger partial charge in [0.05, 0.1) is 10.2 Å². The Balaban J connectivity index is 1.20. The molecular weight excluding hydrogens is 370 g/mol. The van der Waals surface area contributed by atoms with Crippen LogP contribution < -0.4 is 10.1 Å². The molecule has 0 radical (unpaired) electrons. The summed E-state index contributed by atoms with van der Waals surface area (Å²) in [6, 6.07) is 16.5. The van der Waals surface area contributed by atoms with E-state index in [0.717, 1.165) is 41.5 Å². The second-order valence-corrected chi connectivity index (χ2v) is 8.72. The van der Waals surface area contributed by atoms with Crippen molar-refractivity contribution in [2.75, 3.05) is 13.1 Å². The number of fused-ring (bicyclic) bond motifs is 2. The Morgan fingerprint density at radius 3 is 3.04 bits per heavy atom. The molecule has 1 N–H and O–H groups in total. The molecule has 3 aromatic rings. The maximum Gasteiger partial charge on any atom is 0.279 e. The smallest absolute Gasteiger partial charge is 0.279 e. The lowest BCUT2D eigenvalue weighted by Gasteiger charge is -2.26. The summed E-state index contributed by atoms with van der Waals surface area (Å²) in [7, 11) is 0. The number of para-hydroxylation sites is 1. The highest BCUT2D eigenvalue weighted by Crippen LogP contribution is 2.49. The molecule has 28 heavy (non-hydrogen) atoms. The van der Waals surface area contributed by atoms with Gasteiger partial charge in [-0.15, -0.1) is 0 Å². The molecule has 144 valence electrons. The fourth-order valence-electron chi connectivity index (χ4n) is 4.27. The van der Waals surface area contributed by atoms with E-state index in [0.29, 0.717) is 17.2 Å². The van der Waals surface area contributed by atoms with Crippen LogP contribution in [0.5, 0.6) is 10.9 Å². The van der Waals surface area contributed by atoms with Gasteiger partial charge in [0.1, 0.15) is 5.75 Å². The van der Waals surface area contributed by atoms with Gasteiger partial charge in [-0.05, 0) is 48.1 Å². The first kappa shape index (κ1) is 17.6. The highest BCUT2D eigenvalue weighted by atomic mass is 32.1. The van der Waals surface area contributed by atoms with Gasteiger partial charge in [0.15, 0.2) is 0 Å². The first-order valence-electron chi connectivity index (χ1n) is 9.77. The largest absolute Gasteiger partial charge is 0.431 e. The van der Waals surface area contributed by atoms with Crippen molar-refractivity contribution in [2.24, 2.45) is 11.8 Å². The van der Waals surface area contributed by atoms with Gasteiger partial charge in [0.2, 0.25) is 5.91 Å². The molecule has 2 fully saturated rings. The zero-order chi connectivity index (χ0) is 19.1. The number of nitrogens with zero attached hydrogens (tertiary/aromatic N) is 2. The molecule has 3 atom stereocenters. The summed E-state index contributed by atoms with van der Waals surface area (Å²) in [5, 5.41) is 4.20. The summed E-state index contributed by atoms with van der Waals surface area (Å²) >= 11 is 1.55. The molecular formula is C22H23N3O2S. The monoisotopic (exact) mass is 393 g/mol. The van der Waals surface area contributed by atoms with Gasteiger partial charge < -0.3 is 15.0 Å². The third-order valence-electron chi connectivity index (χ3n) is 5.77. The van der Waals surface area contributed by atoms with Gasteiger partial charge in [-0.25, -0.2) is 4.98 Å². The minimum Gasteiger partial charge on any atom is -0.431 e. The number of amides is 1. The Hall–Kier alpha value is -2.44. The molecule has 1 aromatic heterocycles. The highest BCUT2D eigenvalue weighted by Gasteiger charge is 2.52. The molecule has 5 nitrogen and oxygen atoms in total. The highest BCUT2D eigenvalue weighted by molar-refractivity contribution is 7.20. The number of carbonyl (C=O) groups is 1. The fourth-order valence-corrected chi connectivity index (χ4v) is 5.11. The van der Waals surface area contributed by atoms with Crippen molar-refractivity contribution < 1.29 is 9.53 Å². The Bertz CT molecular complexity index is 985. The van der Waals surface area contributed by atoms with Gasteiger partial charge in [-0.1, -0.05) is 35.6 Å². The van der Waals surface area contributed by atoms with Crippen LogP contribution >= 0.6 is 11.3 Å². The van der Waals surface area contributed by atoms with E-state index in [9.17, 15) is 4.79 Å². The molecule has 1 aliphatic heterocycles. The standard InChI is InChI=1S/C22H23N3O2S/c1-14(26)25-13-16-10-18(16)20(25)12-23-11-15-5-4-6-17(9-15)27-22-24-19-7-2-3-8-21(19)28-22/h2-9,16,18,20,23H,10-13H2,1H3. The van der Waals surface area contributed by atoms with Gasteiger partial charge >= 0.3 is 0 Å². The molecule has 1 saturated carbocycles. The predicted molar refractivity (Wildman–Crippen MR) is 111 cm³/mol. The maximum absolute atomic E-state index is 11.8. The minimum atomic E-state index is 0.199. The van der Waals surface area contributed by atoms with Crippen LogP contribution in [0.15, 0.2) is 48.5 Å². The molecule has 0 spiro atoms. The molecule has 2 aromatic carbocycles. The van der Waals surface area contributed by atoms with Crippen molar-refractivity contribution in [2.45, 2.75) is 25.9 Å². The Labute approximate surface area is 168 Å². The summed E-state index contributed by atoms with van der Waals surface area (Å²) in [6.45, 7) is 4.23. The lowest BCUT2D eigenvalue weighted by atomic mass is 10.1. The Morgan fingerprint density at radius 2 is 2.18 bits per heavy atom. The molecule has 3 unspecified atom stereocenters. The van der Waals surface area contributed by atoms with Gasteiger partial charge in [0, 0.05) is 32.6 Å². The van der Waals surface area contributed by atoms with Gasteiger partial charge in [-0.2, -0.15) is 0 Å². The quantitative estimate of drug-likeness (QED) is 0.687. The lowest BCUT2D eigenvalue weighted by molar-refractivity contribution is -0.130. The Kier molecular flexibility index (Phi) is 4.53. The van der Waals surface area contributed by atoms with Crippen LogP contribution in [0, 0.1) is 11.8 Å². The summed E-state index contributed by atoms with van der Waals surface area (Å²) in [6.07, 6.45) is 1.28. The summed E-state index contributed by atoms with van der Waals surface area (Å²) < 4.78 is 7.11. The van der Waals surface area contributed by atoms with E-state index < -0.39 is 0 Å². The fraction of sp³-hybridized carbons (Fsp3) is 0.364. The maximum atomic E-state index is 11.8. The second kappa shape index (κ2) is 7.18. The summed E-state index contributed by atoms with van der Waals surface area (Å²) in [5.74, 6) is 2.43. The van der Waals surface area contributed by atoms with Crippen molar-refractivity contribution >= 4 is 27.5 Å². The molecule has 6 heteroatoms. The van der Waals surface area contributed by atoms with E-state index in [1.807, 2.05) is 35.2 Å². The zero-order valence-electron chi connectivity index (χ0n) is 15.8. The minimum absolute atomic E-state index is 0.199. The second-order valence-electron chi connectivity index (χ2n) is 7.73. The number of thiazole rings is 1. The number of likely N-dealkylation sites (tertiary alicyclic amines) is 1. The number of hydrogen-bond acceptors (Lipinski definition) is 5. The number of piperidine rings is 1. The number of hydrogen-bond donors (Lipinski definition) is 1. The average molecular weight is 394 g/mol. The van der Waals surface area contributed by atoms with Crippen LogP contribution in [0.2, 0.25) is 0 Å². The van der Waals surface area contributed by atoms with Crippen LogP contribution in [0.3, 0.4) is 0 Å². The SMILES string of the molecule is CC(=O)N1CC2CC2C1CNCc1cccc(Oc2nc3ccccc3s2)c1. The zero-order valence-corrected chi connectivity index (χ0v) is 16.6. The molecule has 2 aliphatic rings. The van der Waals surface area contributed by atoms with Crippen LogP contribution in [0.4, 0.5) is 0 Å². The van der Waals surface area contributed by atoms with E-state index in [-0.39, 0.29) is 5.91 Å². The number of aromatic nitrogens is 1. The van der Waals surface area contributed by atoms with Crippen LogP contribution in [-0.4, -0.2) is 34.9 Å². The molecule has 5 rings (SSSR count). The number of ether oxygens (including phenoxy) is 1. The molecule has 2 heterocycles. The van der Waals surface area contributed by atoms with Gasteiger partial charge in [0.25, 0.3) is 5.19 Å². The van der Waals surface area contributed by atoms with Crippen molar-refractivity contribution in [1.82, 2.24) is 15.2 Å². The first-order chi connectivity index (χ1) is 13.7. The third kappa shape index (κ3) is 3.50. The van der Waals surface area contributed by atoms with Crippen molar-refractivity contribution in [3.8, 4) is 10.9 Å². The Morgan fingerprint density at radius 1 is 1.29 bits per heavy atom. The van der Waals surface area contributed by atoms with Crippen LogP contribution in [0.25, 0.3) is 10.2 Å². The lowest BCUT2D eigenvalue weighted by Crippen LogP contribution is -2.43. The normalized spacial score (nSPS) is 23.0. The summed E-state index contributed by atoms with van der Waals surface area (Å²) in [4.78, 5) is 18.4. The summed E-state index contributed by atoms with van der Waals surface area (Å²) in [5.41, 5.74) is 2.13. The van der Waals surface area contributed by atoms with E-state index in [2.05, 4.69) is 28.5 Å². The third-order valence-corrected chi connectivity index (χ3v) is 6.68. The van der Waals surface area contributed by atoms with Gasteiger partial charge in [-0.3, -0.25) is 4.79 Å². The van der Waals surface area contributed by atoms with Crippen molar-refractivity contribution in [1.29, 1.82) is 0 Å². The predicted octanol–water partition coefficient (Wildman–Crippen LogP) is 4.05. The van der Waals surface area contributed by atoms with E-state index in [1.54, 1.807) is 18.3 Å². The van der Waals surface area contributed by atoms with Crippen molar-refractivity contribution in [3.05, 3.63) is 54.1 Å². The first-order valence-corrected chi connectivity index (χ1v) is 10.6. The topological polar surface area (TPSA) is 54.5 Å².